The Bertz CT molecular complexity index is 469. The normalized spacial score (nSPS) is 9.53. The summed E-state index contributed by atoms with van der Waals surface area (Å²) in [5.41, 5.74) is 2.55. The molecule has 0 saturated heterocycles. The van der Waals surface area contributed by atoms with E-state index in [0.29, 0.717) is 36.5 Å². The molecule has 3 N–H and O–H groups in total. The first-order valence-electron chi connectivity index (χ1n) is 5.91. The number of benzene rings is 1. The van der Waals surface area contributed by atoms with E-state index in [4.69, 9.17) is 20.6 Å². The topological polar surface area (TPSA) is 97.4 Å². The Hall–Kier alpha value is -2.26. The lowest BCUT2D eigenvalue weighted by Gasteiger charge is -2.08. The fourth-order valence-corrected chi connectivity index (χ4v) is 1.49. The number of nitriles is 1. The quantitative estimate of drug-likeness (QED) is 0.332. The lowest BCUT2D eigenvalue weighted by molar-refractivity contribution is -0.121. The molecule has 19 heavy (non-hydrogen) atoms. The number of hydrogen-bond donors (Lipinski definition) is 2. The van der Waals surface area contributed by atoms with Gasteiger partial charge in [-0.2, -0.15) is 5.26 Å². The van der Waals surface area contributed by atoms with Crippen LogP contribution in [0.3, 0.4) is 0 Å². The van der Waals surface area contributed by atoms with Crippen LogP contribution in [0.25, 0.3) is 0 Å². The molecule has 0 aliphatic carbocycles. The molecular formula is C13H17N3O3. The number of hydrogen-bond acceptors (Lipinski definition) is 5. The van der Waals surface area contributed by atoms with Crippen LogP contribution in [0.2, 0.25) is 0 Å². The number of hydrazine groups is 1. The summed E-state index contributed by atoms with van der Waals surface area (Å²) in [6.07, 6.45) is 1.80. The molecule has 0 spiro atoms. The molecule has 0 atom stereocenters. The number of nitrogens with one attached hydrogen (secondary N) is 1. The Balaban J connectivity index is 2.41. The van der Waals surface area contributed by atoms with Crippen LogP contribution in [0, 0.1) is 11.3 Å². The second kappa shape index (κ2) is 7.95. The summed E-state index contributed by atoms with van der Waals surface area (Å²) in [6.45, 7) is 0.468. The highest BCUT2D eigenvalue weighted by Gasteiger charge is 2.03. The number of amides is 1. The van der Waals surface area contributed by atoms with Crippen molar-refractivity contribution in [1.82, 2.24) is 5.43 Å². The molecule has 0 radical (unpaired) electrons. The van der Waals surface area contributed by atoms with Crippen LogP contribution in [0.5, 0.6) is 11.5 Å². The molecule has 1 aromatic carbocycles. The number of carbonyl (C=O) groups is 1. The monoisotopic (exact) mass is 263 g/mol. The van der Waals surface area contributed by atoms with Gasteiger partial charge in [-0.05, 0) is 25.0 Å². The average molecular weight is 263 g/mol. The predicted molar refractivity (Wildman–Crippen MR) is 69.4 cm³/mol. The van der Waals surface area contributed by atoms with Gasteiger partial charge in [-0.1, -0.05) is 0 Å². The van der Waals surface area contributed by atoms with Gasteiger partial charge in [0.05, 0.1) is 25.3 Å². The molecule has 0 unspecified atom stereocenters. The molecule has 102 valence electrons. The predicted octanol–water partition coefficient (Wildman–Crippen LogP) is 1.11. The zero-order valence-corrected chi connectivity index (χ0v) is 10.8. The highest BCUT2D eigenvalue weighted by Crippen LogP contribution is 2.22. The summed E-state index contributed by atoms with van der Waals surface area (Å²) < 4.78 is 10.6. The molecule has 0 heterocycles. The lowest BCUT2D eigenvalue weighted by Crippen LogP contribution is -2.29. The zero-order valence-electron chi connectivity index (χ0n) is 10.8. The van der Waals surface area contributed by atoms with E-state index < -0.39 is 0 Å². The second-order valence-electron chi connectivity index (χ2n) is 3.88. The molecule has 6 nitrogen and oxygen atoms in total. The minimum absolute atomic E-state index is 0.187. The molecule has 1 amide bonds. The van der Waals surface area contributed by atoms with Crippen molar-refractivity contribution in [3.05, 3.63) is 23.8 Å². The maximum atomic E-state index is 10.9. The van der Waals surface area contributed by atoms with Crippen molar-refractivity contribution in [3.8, 4) is 17.6 Å². The van der Waals surface area contributed by atoms with Crippen LogP contribution in [-0.4, -0.2) is 19.6 Å². The molecule has 6 heteroatoms. The van der Waals surface area contributed by atoms with Gasteiger partial charge < -0.3 is 9.47 Å². The van der Waals surface area contributed by atoms with Gasteiger partial charge in [-0.25, -0.2) is 5.84 Å². The molecule has 0 bridgehead atoms. The van der Waals surface area contributed by atoms with E-state index in [1.807, 2.05) is 6.07 Å². The molecule has 0 fully saturated rings. The van der Waals surface area contributed by atoms with Crippen LogP contribution < -0.4 is 20.7 Å². The Morgan fingerprint density at radius 1 is 1.37 bits per heavy atom. The SMILES string of the molecule is COc1cc(C#N)cc(OCCCCC(=O)NN)c1. The van der Waals surface area contributed by atoms with E-state index >= 15 is 0 Å². The molecule has 0 aliphatic heterocycles. The number of ether oxygens (including phenoxy) is 2. The van der Waals surface area contributed by atoms with Crippen molar-refractivity contribution >= 4 is 5.91 Å². The number of carbonyl (C=O) groups excluding carboxylic acids is 1. The van der Waals surface area contributed by atoms with Crippen LogP contribution in [0.15, 0.2) is 18.2 Å². The van der Waals surface area contributed by atoms with Crippen LogP contribution in [0.1, 0.15) is 24.8 Å². The molecule has 0 aliphatic rings. The second-order valence-corrected chi connectivity index (χ2v) is 3.88. The van der Waals surface area contributed by atoms with Gasteiger partial charge in [0.1, 0.15) is 11.5 Å². The van der Waals surface area contributed by atoms with Gasteiger partial charge in [-0.15, -0.1) is 0 Å². The number of nitrogens with zero attached hydrogens (tertiary/aromatic N) is 1. The highest BCUT2D eigenvalue weighted by atomic mass is 16.5. The Morgan fingerprint density at radius 3 is 2.74 bits per heavy atom. The third kappa shape index (κ3) is 5.27. The standard InChI is InChI=1S/C13H17N3O3/c1-18-11-6-10(9-14)7-12(8-11)19-5-3-2-4-13(17)16-15/h6-8H,2-5,15H2,1H3,(H,16,17). The minimum atomic E-state index is -0.187. The summed E-state index contributed by atoms with van der Waals surface area (Å²) in [4.78, 5) is 10.9. The van der Waals surface area contributed by atoms with Crippen LogP contribution in [0.4, 0.5) is 0 Å². The van der Waals surface area contributed by atoms with E-state index in [1.54, 1.807) is 18.2 Å². The molecular weight excluding hydrogens is 246 g/mol. The van der Waals surface area contributed by atoms with Crippen molar-refractivity contribution in [3.63, 3.8) is 0 Å². The summed E-state index contributed by atoms with van der Waals surface area (Å²) in [6, 6.07) is 7.04. The average Bonchev–Trinajstić information content (AvgIpc) is 2.46. The summed E-state index contributed by atoms with van der Waals surface area (Å²) >= 11 is 0. The van der Waals surface area contributed by atoms with Crippen molar-refractivity contribution in [1.29, 1.82) is 5.26 Å². The molecule has 1 rings (SSSR count). The maximum Gasteiger partial charge on any atom is 0.233 e. The fraction of sp³-hybridized carbons (Fsp3) is 0.385. The third-order valence-electron chi connectivity index (χ3n) is 2.47. The fourth-order valence-electron chi connectivity index (χ4n) is 1.49. The smallest absolute Gasteiger partial charge is 0.233 e. The summed E-state index contributed by atoms with van der Waals surface area (Å²) in [5.74, 6) is 5.94. The first-order valence-corrected chi connectivity index (χ1v) is 5.91. The van der Waals surface area contributed by atoms with Gasteiger partial charge in [-0.3, -0.25) is 10.2 Å². The zero-order chi connectivity index (χ0) is 14.1. The van der Waals surface area contributed by atoms with Crippen LogP contribution in [-0.2, 0) is 4.79 Å². The number of methoxy groups -OCH3 is 1. The lowest BCUT2D eigenvalue weighted by atomic mass is 10.2. The van der Waals surface area contributed by atoms with E-state index in [1.165, 1.54) is 7.11 Å². The van der Waals surface area contributed by atoms with Gasteiger partial charge in [0.25, 0.3) is 0 Å². The van der Waals surface area contributed by atoms with Gasteiger partial charge in [0, 0.05) is 12.5 Å². The van der Waals surface area contributed by atoms with Crippen LogP contribution >= 0.6 is 0 Å². The Kier molecular flexibility index (Phi) is 6.19. The Labute approximate surface area is 112 Å². The van der Waals surface area contributed by atoms with E-state index in [9.17, 15) is 4.79 Å². The van der Waals surface area contributed by atoms with Crippen molar-refractivity contribution < 1.29 is 14.3 Å². The molecule has 0 aromatic heterocycles. The van der Waals surface area contributed by atoms with Gasteiger partial charge in [0.2, 0.25) is 5.91 Å². The maximum absolute atomic E-state index is 10.9. The number of nitrogens with two attached hydrogens (primary N) is 1. The van der Waals surface area contributed by atoms with Crippen molar-refractivity contribution in [2.45, 2.75) is 19.3 Å². The van der Waals surface area contributed by atoms with E-state index in [0.717, 1.165) is 6.42 Å². The number of unbranched alkanes of at least 4 members (excludes halogenated alkanes) is 1. The first-order chi connectivity index (χ1) is 9.19. The largest absolute Gasteiger partial charge is 0.497 e. The number of rotatable bonds is 7. The third-order valence-corrected chi connectivity index (χ3v) is 2.47. The van der Waals surface area contributed by atoms with Crippen molar-refractivity contribution in [2.24, 2.45) is 5.84 Å². The van der Waals surface area contributed by atoms with E-state index in [-0.39, 0.29) is 5.91 Å². The molecule has 1 aromatic rings. The van der Waals surface area contributed by atoms with Crippen molar-refractivity contribution in [2.75, 3.05) is 13.7 Å². The summed E-state index contributed by atoms with van der Waals surface area (Å²) in [5, 5.41) is 8.86. The Morgan fingerprint density at radius 2 is 2.11 bits per heavy atom. The van der Waals surface area contributed by atoms with E-state index in [2.05, 4.69) is 5.43 Å². The molecule has 0 saturated carbocycles. The summed E-state index contributed by atoms with van der Waals surface area (Å²) in [7, 11) is 1.53. The van der Waals surface area contributed by atoms with Gasteiger partial charge in [0.15, 0.2) is 0 Å². The minimum Gasteiger partial charge on any atom is -0.497 e. The van der Waals surface area contributed by atoms with Gasteiger partial charge >= 0.3 is 0 Å². The first kappa shape index (κ1) is 14.8. The highest BCUT2D eigenvalue weighted by molar-refractivity contribution is 5.75.